The third kappa shape index (κ3) is 1.56. The number of hydrogen-bond acceptors (Lipinski definition) is 2. The zero-order chi connectivity index (χ0) is 12.0. The van der Waals surface area contributed by atoms with Crippen molar-refractivity contribution in [1.82, 2.24) is 14.8 Å². The molecule has 0 fully saturated rings. The van der Waals surface area contributed by atoms with Crippen LogP contribution in [0, 0.1) is 5.82 Å². The van der Waals surface area contributed by atoms with Gasteiger partial charge in [-0.2, -0.15) is 5.10 Å². The summed E-state index contributed by atoms with van der Waals surface area (Å²) in [6.07, 6.45) is 0. The number of aromatic nitrogens is 3. The Hall–Kier alpha value is -2.30. The van der Waals surface area contributed by atoms with Gasteiger partial charge in [0.05, 0.1) is 11.4 Å². The van der Waals surface area contributed by atoms with Crippen molar-refractivity contribution in [3.63, 3.8) is 0 Å². The van der Waals surface area contributed by atoms with Crippen LogP contribution in [0.3, 0.4) is 0 Å². The number of nitrogens with zero attached hydrogens (tertiary/aromatic N) is 2. The molecule has 0 spiro atoms. The molecule has 0 aliphatic heterocycles. The van der Waals surface area contributed by atoms with E-state index < -0.39 is 0 Å². The fraction of sp³-hybridized carbons (Fsp3) is 0.0833. The molecule has 0 aliphatic rings. The first-order valence-electron chi connectivity index (χ1n) is 5.21. The molecule has 2 heterocycles. The number of nitrogens with two attached hydrogens (primary N) is 1. The van der Waals surface area contributed by atoms with Crippen LogP contribution in [-0.4, -0.2) is 14.8 Å². The van der Waals surface area contributed by atoms with Gasteiger partial charge in [0.1, 0.15) is 11.6 Å². The zero-order valence-corrected chi connectivity index (χ0v) is 9.24. The molecule has 3 N–H and O–H groups in total. The second kappa shape index (κ2) is 3.35. The Morgan fingerprint density at radius 2 is 2.12 bits per heavy atom. The molecule has 0 unspecified atom stereocenters. The molecule has 0 radical (unpaired) electrons. The first-order chi connectivity index (χ1) is 8.13. The highest BCUT2D eigenvalue weighted by Crippen LogP contribution is 2.25. The summed E-state index contributed by atoms with van der Waals surface area (Å²) < 4.78 is 14.8. The Balaban J connectivity index is 2.21. The molecular weight excluding hydrogens is 219 g/mol. The number of rotatable bonds is 1. The van der Waals surface area contributed by atoms with Crippen LogP contribution in [0.5, 0.6) is 0 Å². The van der Waals surface area contributed by atoms with E-state index in [1.54, 1.807) is 16.8 Å². The summed E-state index contributed by atoms with van der Waals surface area (Å²) in [6, 6.07) is 8.38. The first-order valence-corrected chi connectivity index (χ1v) is 5.21. The number of halogens is 1. The lowest BCUT2D eigenvalue weighted by Gasteiger charge is -1.96. The van der Waals surface area contributed by atoms with Crippen molar-refractivity contribution in [2.75, 3.05) is 5.73 Å². The van der Waals surface area contributed by atoms with Gasteiger partial charge in [-0.15, -0.1) is 0 Å². The van der Waals surface area contributed by atoms with E-state index in [1.165, 1.54) is 12.1 Å². The van der Waals surface area contributed by atoms with Crippen LogP contribution in [0.25, 0.3) is 22.3 Å². The zero-order valence-electron chi connectivity index (χ0n) is 9.24. The van der Waals surface area contributed by atoms with Gasteiger partial charge in [-0.25, -0.2) is 4.39 Å². The maximum absolute atomic E-state index is 13.1. The summed E-state index contributed by atoms with van der Waals surface area (Å²) in [5.74, 6) is 0.211. The molecule has 1 aromatic carbocycles. The molecule has 0 amide bonds. The molecular formula is C12H11FN4. The van der Waals surface area contributed by atoms with Crippen molar-refractivity contribution >= 4 is 16.7 Å². The average molecular weight is 230 g/mol. The normalized spacial score (nSPS) is 11.2. The second-order valence-electron chi connectivity index (χ2n) is 3.99. The van der Waals surface area contributed by atoms with E-state index in [4.69, 9.17) is 5.73 Å². The monoisotopic (exact) mass is 230 g/mol. The molecule has 0 atom stereocenters. The molecule has 0 saturated carbocycles. The molecule has 0 saturated heterocycles. The minimum atomic E-state index is -0.254. The number of benzene rings is 1. The number of H-pyrrole nitrogens is 1. The lowest BCUT2D eigenvalue weighted by Crippen LogP contribution is -1.94. The summed E-state index contributed by atoms with van der Waals surface area (Å²) in [7, 11) is 1.82. The number of anilines is 1. The molecule has 0 aliphatic carbocycles. The highest BCUT2D eigenvalue weighted by molar-refractivity contribution is 5.85. The SMILES string of the molecule is Cn1nc(N)cc1-c1cc2ccc(F)cc2[nH]1. The Kier molecular flexibility index (Phi) is 1.95. The summed E-state index contributed by atoms with van der Waals surface area (Å²) in [5, 5.41) is 5.03. The Morgan fingerprint density at radius 1 is 1.29 bits per heavy atom. The van der Waals surface area contributed by atoms with Crippen LogP contribution in [0.1, 0.15) is 0 Å². The van der Waals surface area contributed by atoms with Crippen molar-refractivity contribution in [1.29, 1.82) is 0 Å². The summed E-state index contributed by atoms with van der Waals surface area (Å²) in [5.41, 5.74) is 8.14. The molecule has 3 aromatic rings. The molecule has 5 heteroatoms. The molecule has 4 nitrogen and oxygen atoms in total. The van der Waals surface area contributed by atoms with E-state index in [9.17, 15) is 4.39 Å². The quantitative estimate of drug-likeness (QED) is 0.673. The predicted octanol–water partition coefficient (Wildman–Crippen LogP) is 2.29. The van der Waals surface area contributed by atoms with Gasteiger partial charge >= 0.3 is 0 Å². The Morgan fingerprint density at radius 3 is 2.82 bits per heavy atom. The van der Waals surface area contributed by atoms with Gasteiger partial charge in [0.2, 0.25) is 0 Å². The van der Waals surface area contributed by atoms with E-state index >= 15 is 0 Å². The number of aromatic amines is 1. The van der Waals surface area contributed by atoms with Gasteiger partial charge in [0, 0.05) is 24.0 Å². The Bertz CT molecular complexity index is 696. The van der Waals surface area contributed by atoms with Gasteiger partial charge in [-0.3, -0.25) is 4.68 Å². The van der Waals surface area contributed by atoms with Gasteiger partial charge in [-0.1, -0.05) is 0 Å². The van der Waals surface area contributed by atoms with Crippen molar-refractivity contribution in [3.05, 3.63) is 36.1 Å². The maximum atomic E-state index is 13.1. The lowest BCUT2D eigenvalue weighted by atomic mass is 10.2. The number of nitrogens with one attached hydrogen (secondary N) is 1. The predicted molar refractivity (Wildman–Crippen MR) is 64.9 cm³/mol. The highest BCUT2D eigenvalue weighted by atomic mass is 19.1. The summed E-state index contributed by atoms with van der Waals surface area (Å²) in [4.78, 5) is 3.15. The standard InChI is InChI=1S/C12H11FN4/c1-17-11(6-12(14)16-17)10-4-7-2-3-8(13)5-9(7)15-10/h2-6,15H,1H3,(H2,14,16). The molecule has 2 aromatic heterocycles. The van der Waals surface area contributed by atoms with Gasteiger partial charge in [-0.05, 0) is 24.3 Å². The molecule has 3 rings (SSSR count). The van der Waals surface area contributed by atoms with E-state index in [1.807, 2.05) is 13.1 Å². The van der Waals surface area contributed by atoms with E-state index in [2.05, 4.69) is 10.1 Å². The maximum Gasteiger partial charge on any atom is 0.146 e. The van der Waals surface area contributed by atoms with Crippen LogP contribution < -0.4 is 5.73 Å². The van der Waals surface area contributed by atoms with E-state index in [0.717, 1.165) is 22.3 Å². The minimum Gasteiger partial charge on any atom is -0.382 e. The van der Waals surface area contributed by atoms with Crippen LogP contribution in [0.2, 0.25) is 0 Å². The number of aryl methyl sites for hydroxylation is 1. The molecule has 17 heavy (non-hydrogen) atoms. The lowest BCUT2D eigenvalue weighted by molar-refractivity contribution is 0.629. The van der Waals surface area contributed by atoms with Crippen molar-refractivity contribution in [2.45, 2.75) is 0 Å². The fourth-order valence-corrected chi connectivity index (χ4v) is 1.98. The first kappa shape index (κ1) is 9.89. The van der Waals surface area contributed by atoms with Crippen LogP contribution in [0.15, 0.2) is 30.3 Å². The van der Waals surface area contributed by atoms with Crippen molar-refractivity contribution in [3.8, 4) is 11.4 Å². The number of hydrogen-bond donors (Lipinski definition) is 2. The van der Waals surface area contributed by atoms with Crippen LogP contribution >= 0.6 is 0 Å². The smallest absolute Gasteiger partial charge is 0.146 e. The fourth-order valence-electron chi connectivity index (χ4n) is 1.98. The summed E-state index contributed by atoms with van der Waals surface area (Å²) >= 11 is 0. The third-order valence-corrected chi connectivity index (χ3v) is 2.76. The number of nitrogen functional groups attached to an aromatic ring is 1. The molecule has 0 bridgehead atoms. The average Bonchev–Trinajstić information content (AvgIpc) is 2.80. The largest absolute Gasteiger partial charge is 0.382 e. The summed E-state index contributed by atoms with van der Waals surface area (Å²) in [6.45, 7) is 0. The number of fused-ring (bicyclic) bond motifs is 1. The molecule has 86 valence electrons. The van der Waals surface area contributed by atoms with Crippen LogP contribution in [-0.2, 0) is 7.05 Å². The highest BCUT2D eigenvalue weighted by Gasteiger charge is 2.09. The van der Waals surface area contributed by atoms with Crippen molar-refractivity contribution < 1.29 is 4.39 Å². The van der Waals surface area contributed by atoms with Gasteiger partial charge in [0.15, 0.2) is 0 Å². The van der Waals surface area contributed by atoms with Gasteiger partial charge < -0.3 is 10.7 Å². The Labute approximate surface area is 96.9 Å². The minimum absolute atomic E-state index is 0.254. The van der Waals surface area contributed by atoms with Crippen LogP contribution in [0.4, 0.5) is 10.2 Å². The topological polar surface area (TPSA) is 59.6 Å². The van der Waals surface area contributed by atoms with E-state index in [0.29, 0.717) is 5.82 Å². The van der Waals surface area contributed by atoms with Gasteiger partial charge in [0.25, 0.3) is 0 Å². The van der Waals surface area contributed by atoms with E-state index in [-0.39, 0.29) is 5.82 Å². The second-order valence-corrected chi connectivity index (χ2v) is 3.99. The third-order valence-electron chi connectivity index (χ3n) is 2.76. The van der Waals surface area contributed by atoms with Crippen molar-refractivity contribution in [2.24, 2.45) is 7.05 Å².